The van der Waals surface area contributed by atoms with Crippen LogP contribution in [-0.2, 0) is 4.52 Å². The Bertz CT molecular complexity index is 227. The Morgan fingerprint density at radius 2 is 2.27 bits per heavy atom. The van der Waals surface area contributed by atoms with E-state index < -0.39 is 16.3 Å². The van der Waals surface area contributed by atoms with Gasteiger partial charge >= 0.3 is 7.83 Å². The highest BCUT2D eigenvalue weighted by Gasteiger charge is 2.34. The van der Waals surface area contributed by atoms with Gasteiger partial charge in [0.2, 0.25) is 0 Å². The van der Waals surface area contributed by atoms with Gasteiger partial charge in [0.1, 0.15) is 0 Å². The molecule has 0 spiro atoms. The molecule has 1 unspecified atom stereocenters. The minimum Gasteiger partial charge on any atom is -0.329 e. The summed E-state index contributed by atoms with van der Waals surface area (Å²) >= 11 is 0. The standard InChI is InChI=1S/C2H6F2N3OP3/c1-7-10(8-2)5-9-6-11(7,3)4/h1-2H3. The predicted octanol–water partition coefficient (Wildman–Crippen LogP) is 3.74. The molecule has 1 heterocycles. The fourth-order valence-corrected chi connectivity index (χ4v) is 4.64. The molecule has 1 aliphatic rings. The summed E-state index contributed by atoms with van der Waals surface area (Å²) in [5.41, 5.74) is 0. The molecule has 0 aromatic rings. The second kappa shape index (κ2) is 3.51. The zero-order valence-corrected chi connectivity index (χ0v) is 8.53. The predicted molar refractivity (Wildman–Crippen MR) is 42.6 cm³/mol. The molecule has 0 amide bonds. The third-order valence-corrected chi connectivity index (χ3v) is 5.76. The highest BCUT2D eigenvalue weighted by molar-refractivity contribution is 7.72. The summed E-state index contributed by atoms with van der Waals surface area (Å²) in [5, 5.41) is 0. The fraction of sp³-hybridized carbons (Fsp3) is 1.00. The van der Waals surface area contributed by atoms with Crippen molar-refractivity contribution in [3.8, 4) is 0 Å². The zero-order chi connectivity index (χ0) is 8.48. The number of hydrogen-bond donors (Lipinski definition) is 0. The first-order chi connectivity index (χ1) is 5.08. The fourth-order valence-electron chi connectivity index (χ4n) is 0.463. The van der Waals surface area contributed by atoms with Crippen LogP contribution in [0.4, 0.5) is 8.39 Å². The van der Waals surface area contributed by atoms with Gasteiger partial charge < -0.3 is 4.52 Å². The molecule has 0 radical (unpaired) electrons. The van der Waals surface area contributed by atoms with E-state index in [0.717, 1.165) is 4.44 Å². The molecule has 0 aromatic carbocycles. The summed E-state index contributed by atoms with van der Waals surface area (Å²) in [6.45, 7) is 0. The van der Waals surface area contributed by atoms with Gasteiger partial charge in [-0.25, -0.2) is 0 Å². The summed E-state index contributed by atoms with van der Waals surface area (Å²) in [4.78, 5) is 0. The number of halogens is 2. The Hall–Kier alpha value is 0.540. The van der Waals surface area contributed by atoms with E-state index in [1.54, 1.807) is 0 Å². The number of hydrogen-bond acceptors (Lipinski definition) is 4. The van der Waals surface area contributed by atoms with Gasteiger partial charge in [-0.15, -0.1) is 0 Å². The topological polar surface area (TPSA) is 37.2 Å². The van der Waals surface area contributed by atoms with E-state index >= 15 is 0 Å². The van der Waals surface area contributed by atoms with Gasteiger partial charge in [0.25, 0.3) is 8.45 Å². The largest absolute Gasteiger partial charge is 0.383 e. The maximum absolute atomic E-state index is 12.8. The number of rotatable bonds is 1. The maximum atomic E-state index is 12.8. The average molecular weight is 219 g/mol. The smallest absolute Gasteiger partial charge is 0.329 e. The molecule has 4 nitrogen and oxygen atoms in total. The second-order valence-corrected chi connectivity index (χ2v) is 6.56. The van der Waals surface area contributed by atoms with Crippen molar-refractivity contribution in [2.24, 2.45) is 9.03 Å². The molecule has 11 heavy (non-hydrogen) atoms. The monoisotopic (exact) mass is 219 g/mol. The van der Waals surface area contributed by atoms with Gasteiger partial charge in [0, 0.05) is 14.2 Å². The van der Waals surface area contributed by atoms with Crippen LogP contribution in [0.5, 0.6) is 0 Å². The van der Waals surface area contributed by atoms with E-state index in [-0.39, 0.29) is 8.52 Å². The molecule has 0 aromatic heterocycles. The maximum Gasteiger partial charge on any atom is 0.383 e. The van der Waals surface area contributed by atoms with Gasteiger partial charge in [-0.05, 0) is 0 Å². The third-order valence-electron chi connectivity index (χ3n) is 1.02. The Kier molecular flexibility index (Phi) is 3.07. The Morgan fingerprint density at radius 1 is 1.64 bits per heavy atom. The highest BCUT2D eigenvalue weighted by Crippen LogP contribution is 2.70. The van der Waals surface area contributed by atoms with Gasteiger partial charge in [0.05, 0.1) is 0 Å². The summed E-state index contributed by atoms with van der Waals surface area (Å²) in [5.74, 6) is 0. The van der Waals surface area contributed by atoms with Crippen LogP contribution in [-0.4, -0.2) is 18.6 Å². The van der Waals surface area contributed by atoms with Crippen molar-refractivity contribution < 1.29 is 12.9 Å². The lowest BCUT2D eigenvalue weighted by molar-refractivity contribution is 0.431. The van der Waals surface area contributed by atoms with Crippen LogP contribution in [0.3, 0.4) is 0 Å². The average Bonchev–Trinajstić information content (AvgIpc) is 1.95. The van der Waals surface area contributed by atoms with Crippen LogP contribution in [0.2, 0.25) is 0 Å². The minimum absolute atomic E-state index is 0.0938. The van der Waals surface area contributed by atoms with Crippen molar-refractivity contribution in [3.63, 3.8) is 0 Å². The third kappa shape index (κ3) is 2.01. The Labute approximate surface area is 66.2 Å². The lowest BCUT2D eigenvalue weighted by Crippen LogP contribution is -2.03. The van der Waals surface area contributed by atoms with E-state index in [2.05, 4.69) is 9.03 Å². The van der Waals surface area contributed by atoms with Crippen molar-refractivity contribution >= 4 is 24.8 Å². The molecule has 0 saturated carbocycles. The molecular formula is C2H6F2N3OP3. The SMILES string of the molecule is COP1N=PN=P(F)(F)N1C. The lowest BCUT2D eigenvalue weighted by Gasteiger charge is -2.23. The molecule has 9 heteroatoms. The molecule has 1 rings (SSSR count). The molecule has 0 N–H and O–H groups in total. The first-order valence-electron chi connectivity index (χ1n) is 2.58. The molecule has 64 valence electrons. The number of nitrogens with zero attached hydrogens (tertiary/aromatic N) is 3. The quantitative estimate of drug-likeness (QED) is 0.630. The van der Waals surface area contributed by atoms with Crippen LogP contribution in [0.25, 0.3) is 0 Å². The van der Waals surface area contributed by atoms with E-state index in [1.807, 2.05) is 0 Å². The van der Waals surface area contributed by atoms with E-state index in [9.17, 15) is 8.39 Å². The van der Waals surface area contributed by atoms with Crippen molar-refractivity contribution in [2.45, 2.75) is 0 Å². The molecule has 0 aliphatic carbocycles. The summed E-state index contributed by atoms with van der Waals surface area (Å²) in [6, 6.07) is 0. The normalized spacial score (nSPS) is 31.5. The molecule has 0 fully saturated rings. The molecular weight excluding hydrogens is 213 g/mol. The van der Waals surface area contributed by atoms with E-state index in [0.29, 0.717) is 0 Å². The first kappa shape index (κ1) is 9.63. The van der Waals surface area contributed by atoms with E-state index in [4.69, 9.17) is 4.52 Å². The van der Waals surface area contributed by atoms with Crippen molar-refractivity contribution in [2.75, 3.05) is 14.2 Å². The minimum atomic E-state index is -4.24. The Morgan fingerprint density at radius 3 is 2.73 bits per heavy atom. The molecule has 0 saturated heterocycles. The van der Waals surface area contributed by atoms with Crippen molar-refractivity contribution in [1.29, 1.82) is 0 Å². The van der Waals surface area contributed by atoms with Crippen molar-refractivity contribution in [3.05, 3.63) is 0 Å². The molecule has 0 bridgehead atoms. The molecule has 1 aliphatic heterocycles. The summed E-state index contributed by atoms with van der Waals surface area (Å²) < 4.78 is 38.0. The van der Waals surface area contributed by atoms with Gasteiger partial charge in [-0.2, -0.15) is 21.9 Å². The summed E-state index contributed by atoms with van der Waals surface area (Å²) in [6.07, 6.45) is 0. The highest BCUT2D eigenvalue weighted by atomic mass is 31.3. The van der Waals surface area contributed by atoms with Crippen LogP contribution in [0, 0.1) is 0 Å². The Balaban J connectivity index is 2.86. The van der Waals surface area contributed by atoms with Gasteiger partial charge in [0.15, 0.2) is 8.52 Å². The zero-order valence-electron chi connectivity index (χ0n) is 5.85. The van der Waals surface area contributed by atoms with Crippen LogP contribution < -0.4 is 0 Å². The first-order valence-corrected chi connectivity index (χ1v) is 6.02. The van der Waals surface area contributed by atoms with Gasteiger partial charge in [-0.1, -0.05) is 0 Å². The van der Waals surface area contributed by atoms with E-state index in [1.165, 1.54) is 14.2 Å². The molecule has 1 atom stereocenters. The van der Waals surface area contributed by atoms with Crippen LogP contribution >= 0.6 is 24.8 Å². The van der Waals surface area contributed by atoms with Crippen molar-refractivity contribution in [1.82, 2.24) is 4.44 Å². The van der Waals surface area contributed by atoms with Gasteiger partial charge in [-0.3, -0.25) is 0 Å². The second-order valence-electron chi connectivity index (χ2n) is 1.65. The lowest BCUT2D eigenvalue weighted by atomic mass is 11.6. The summed E-state index contributed by atoms with van der Waals surface area (Å²) in [7, 11) is -2.97. The van der Waals surface area contributed by atoms with Crippen LogP contribution in [0.15, 0.2) is 9.03 Å². The van der Waals surface area contributed by atoms with Crippen LogP contribution in [0.1, 0.15) is 0 Å².